The van der Waals surface area contributed by atoms with Gasteiger partial charge in [-0.15, -0.1) is 22.9 Å². The minimum absolute atomic E-state index is 0.0811. The lowest BCUT2D eigenvalue weighted by atomic mass is 10.0. The molecule has 1 saturated heterocycles. The zero-order valence-corrected chi connectivity index (χ0v) is 13.5. The highest BCUT2D eigenvalue weighted by Crippen LogP contribution is 2.37. The van der Waals surface area contributed by atoms with Gasteiger partial charge in [-0.05, 0) is 18.4 Å². The second kappa shape index (κ2) is 5.46. The summed E-state index contributed by atoms with van der Waals surface area (Å²) in [5, 5.41) is -0.165. The Kier molecular flexibility index (Phi) is 4.52. The maximum atomic E-state index is 12.4. The van der Waals surface area contributed by atoms with Crippen LogP contribution in [0.3, 0.4) is 0 Å². The van der Waals surface area contributed by atoms with Crippen molar-refractivity contribution in [2.45, 2.75) is 23.6 Å². The molecule has 0 aliphatic carbocycles. The summed E-state index contributed by atoms with van der Waals surface area (Å²) in [6.07, 6.45) is 0.753. The Balaban J connectivity index is 2.29. The van der Waals surface area contributed by atoms with Gasteiger partial charge in [-0.3, -0.25) is 0 Å². The number of nitrogens with zero attached hydrogens (tertiary/aromatic N) is 1. The molecule has 0 radical (unpaired) electrons. The third kappa shape index (κ3) is 2.81. The summed E-state index contributed by atoms with van der Waals surface area (Å²) in [5.74, 6) is 0.319. The van der Waals surface area contributed by atoms with Gasteiger partial charge in [0.05, 0.1) is 4.34 Å². The minimum atomic E-state index is -3.59. The van der Waals surface area contributed by atoms with E-state index in [9.17, 15) is 8.42 Å². The monoisotopic (exact) mass is 347 g/mol. The average Bonchev–Trinajstić information content (AvgIpc) is 2.62. The molecule has 2 rings (SSSR count). The first kappa shape index (κ1) is 14.9. The molecule has 0 aromatic carbocycles. The Hall–Kier alpha value is 0.480. The highest BCUT2D eigenvalue weighted by atomic mass is 35.5. The van der Waals surface area contributed by atoms with Crippen molar-refractivity contribution in [2.75, 3.05) is 13.1 Å². The Morgan fingerprint density at radius 1 is 1.44 bits per heavy atom. The molecule has 8 heteroatoms. The first-order valence-electron chi connectivity index (χ1n) is 5.41. The molecule has 1 aromatic heterocycles. The Morgan fingerprint density at radius 3 is 2.61 bits per heavy atom. The van der Waals surface area contributed by atoms with Crippen molar-refractivity contribution in [3.63, 3.8) is 0 Å². The summed E-state index contributed by atoms with van der Waals surface area (Å²) in [6.45, 7) is 2.81. The van der Waals surface area contributed by atoms with Crippen LogP contribution >= 0.6 is 46.1 Å². The van der Waals surface area contributed by atoms with Gasteiger partial charge in [0.2, 0.25) is 10.0 Å². The first-order valence-corrected chi connectivity index (χ1v) is 8.86. The molecule has 3 nitrogen and oxygen atoms in total. The zero-order valence-electron chi connectivity index (χ0n) is 9.57. The van der Waals surface area contributed by atoms with Gasteiger partial charge in [0.25, 0.3) is 0 Å². The second-order valence-electron chi connectivity index (χ2n) is 4.33. The quantitative estimate of drug-likeness (QED) is 0.764. The van der Waals surface area contributed by atoms with E-state index in [0.29, 0.717) is 23.3 Å². The van der Waals surface area contributed by atoms with E-state index < -0.39 is 10.0 Å². The highest BCUT2D eigenvalue weighted by molar-refractivity contribution is 7.89. The van der Waals surface area contributed by atoms with Crippen molar-refractivity contribution < 1.29 is 8.42 Å². The number of rotatable bonds is 2. The van der Waals surface area contributed by atoms with Crippen LogP contribution in [0.15, 0.2) is 11.0 Å². The fourth-order valence-electron chi connectivity index (χ4n) is 1.85. The van der Waals surface area contributed by atoms with Crippen LogP contribution in [0.1, 0.15) is 13.3 Å². The molecule has 2 atom stereocenters. The molecule has 0 bridgehead atoms. The molecule has 0 N–H and O–H groups in total. The standard InChI is InChI=1S/C10H12Cl3NO2S2/c1-6-2-3-14(5-7(6)11)18(15,16)8-4-9(12)17-10(8)13/h4,6-7H,2-3,5H2,1H3. The van der Waals surface area contributed by atoms with Crippen molar-refractivity contribution in [3.8, 4) is 0 Å². The predicted molar refractivity (Wildman–Crippen MR) is 76.5 cm³/mol. The molecule has 1 fully saturated rings. The van der Waals surface area contributed by atoms with E-state index >= 15 is 0 Å². The van der Waals surface area contributed by atoms with E-state index in [4.69, 9.17) is 34.8 Å². The van der Waals surface area contributed by atoms with Gasteiger partial charge >= 0.3 is 0 Å². The summed E-state index contributed by atoms with van der Waals surface area (Å²) in [6, 6.07) is 1.39. The predicted octanol–water partition coefficient (Wildman–Crippen LogP) is 3.69. The summed E-state index contributed by atoms with van der Waals surface area (Å²) < 4.78 is 26.8. The van der Waals surface area contributed by atoms with Crippen molar-refractivity contribution in [2.24, 2.45) is 5.92 Å². The Labute approximate surface area is 126 Å². The third-order valence-electron chi connectivity index (χ3n) is 3.07. The lowest BCUT2D eigenvalue weighted by Crippen LogP contribution is -2.43. The molecule has 2 unspecified atom stereocenters. The van der Waals surface area contributed by atoms with E-state index in [1.807, 2.05) is 6.92 Å². The van der Waals surface area contributed by atoms with Crippen LogP contribution in [0, 0.1) is 5.92 Å². The smallest absolute Gasteiger partial charge is 0.207 e. The van der Waals surface area contributed by atoms with E-state index in [1.54, 1.807) is 0 Å². The molecule has 0 saturated carbocycles. The minimum Gasteiger partial charge on any atom is -0.207 e. The van der Waals surface area contributed by atoms with Gasteiger partial charge in [-0.1, -0.05) is 30.1 Å². The molecule has 0 spiro atoms. The molecule has 2 heterocycles. The summed E-state index contributed by atoms with van der Waals surface area (Å²) in [7, 11) is -3.59. The second-order valence-corrected chi connectivity index (χ2v) is 9.09. The van der Waals surface area contributed by atoms with Gasteiger partial charge < -0.3 is 0 Å². The van der Waals surface area contributed by atoms with Crippen molar-refractivity contribution in [1.29, 1.82) is 0 Å². The number of hydrogen-bond acceptors (Lipinski definition) is 3. The van der Waals surface area contributed by atoms with E-state index in [0.717, 1.165) is 17.8 Å². The number of halogens is 3. The van der Waals surface area contributed by atoms with Crippen molar-refractivity contribution in [1.82, 2.24) is 4.31 Å². The average molecular weight is 349 g/mol. The fraction of sp³-hybridized carbons (Fsp3) is 0.600. The van der Waals surface area contributed by atoms with Gasteiger partial charge in [-0.2, -0.15) is 4.31 Å². The number of piperidine rings is 1. The first-order chi connectivity index (χ1) is 8.32. The van der Waals surface area contributed by atoms with Gasteiger partial charge in [-0.25, -0.2) is 8.42 Å². The summed E-state index contributed by atoms with van der Waals surface area (Å²) in [4.78, 5) is 0.0811. The van der Waals surface area contributed by atoms with Crippen LogP contribution in [0.5, 0.6) is 0 Å². The van der Waals surface area contributed by atoms with Crippen LogP contribution in [0.2, 0.25) is 8.67 Å². The third-order valence-corrected chi connectivity index (χ3v) is 7.26. The number of sulfonamides is 1. The van der Waals surface area contributed by atoms with Crippen molar-refractivity contribution in [3.05, 3.63) is 14.7 Å². The Morgan fingerprint density at radius 2 is 2.11 bits per heavy atom. The molecule has 1 aliphatic rings. The number of alkyl halides is 1. The van der Waals surface area contributed by atoms with Crippen LogP contribution in [0.4, 0.5) is 0 Å². The zero-order chi connectivity index (χ0) is 13.5. The molecule has 0 amide bonds. The highest BCUT2D eigenvalue weighted by Gasteiger charge is 2.34. The lowest BCUT2D eigenvalue weighted by molar-refractivity contribution is 0.293. The maximum absolute atomic E-state index is 12.4. The van der Waals surface area contributed by atoms with Crippen LogP contribution in [-0.4, -0.2) is 31.2 Å². The van der Waals surface area contributed by atoms with Crippen LogP contribution < -0.4 is 0 Å². The van der Waals surface area contributed by atoms with Crippen LogP contribution in [-0.2, 0) is 10.0 Å². The van der Waals surface area contributed by atoms with E-state index in [-0.39, 0.29) is 14.6 Å². The number of thiophene rings is 1. The lowest BCUT2D eigenvalue weighted by Gasteiger charge is -2.32. The van der Waals surface area contributed by atoms with Gasteiger partial charge in [0.1, 0.15) is 9.23 Å². The molecule has 18 heavy (non-hydrogen) atoms. The van der Waals surface area contributed by atoms with Crippen molar-refractivity contribution >= 4 is 56.2 Å². The van der Waals surface area contributed by atoms with E-state index in [1.165, 1.54) is 10.4 Å². The molecule has 1 aliphatic heterocycles. The normalized spacial score (nSPS) is 26.4. The SMILES string of the molecule is CC1CCN(S(=O)(=O)c2cc(Cl)sc2Cl)CC1Cl. The topological polar surface area (TPSA) is 37.4 Å². The van der Waals surface area contributed by atoms with E-state index in [2.05, 4.69) is 0 Å². The molecule has 1 aromatic rings. The number of hydrogen-bond donors (Lipinski definition) is 0. The fourth-order valence-corrected chi connectivity index (χ4v) is 5.82. The summed E-state index contributed by atoms with van der Waals surface area (Å²) in [5.41, 5.74) is 0. The molecule has 102 valence electrons. The maximum Gasteiger partial charge on any atom is 0.245 e. The molecular weight excluding hydrogens is 337 g/mol. The summed E-state index contributed by atoms with van der Waals surface area (Å²) >= 11 is 18.9. The Bertz CT molecular complexity index is 543. The van der Waals surface area contributed by atoms with Gasteiger partial charge in [0, 0.05) is 18.5 Å². The largest absolute Gasteiger partial charge is 0.245 e. The van der Waals surface area contributed by atoms with Gasteiger partial charge in [0.15, 0.2) is 0 Å². The van der Waals surface area contributed by atoms with Crippen LogP contribution in [0.25, 0.3) is 0 Å². The molecular formula is C10H12Cl3NO2S2.